The number of hydrogen-bond donors (Lipinski definition) is 2. The van der Waals surface area contributed by atoms with Gasteiger partial charge in [0.2, 0.25) is 0 Å². The average molecular weight is 492 g/mol. The van der Waals surface area contributed by atoms with Crippen LogP contribution in [0.15, 0.2) is 81.8 Å². The summed E-state index contributed by atoms with van der Waals surface area (Å²) in [6, 6.07) is 15.2. The molecule has 3 amide bonds. The number of rotatable bonds is 7. The predicted molar refractivity (Wildman–Crippen MR) is 125 cm³/mol. The van der Waals surface area contributed by atoms with Gasteiger partial charge in [-0.3, -0.25) is 19.7 Å². The SMILES string of the molecule is O=C(Cn1ncn(-c2ccccc2)c1=O)NN=Cc1ccccc1OC(=O)C=C1SC(=O)NC1=O. The van der Waals surface area contributed by atoms with Crippen LogP contribution in [0, 0.1) is 0 Å². The molecular weight excluding hydrogens is 476 g/mol. The van der Waals surface area contributed by atoms with E-state index in [4.69, 9.17) is 4.74 Å². The first kappa shape index (κ1) is 23.4. The zero-order chi connectivity index (χ0) is 24.8. The van der Waals surface area contributed by atoms with Crippen LogP contribution in [-0.4, -0.2) is 43.6 Å². The number of thioether (sulfide) groups is 1. The Hall–Kier alpha value is -4.78. The zero-order valence-corrected chi connectivity index (χ0v) is 18.6. The fourth-order valence-electron chi connectivity index (χ4n) is 2.90. The van der Waals surface area contributed by atoms with Crippen molar-refractivity contribution >= 4 is 41.0 Å². The molecule has 0 atom stereocenters. The van der Waals surface area contributed by atoms with Crippen LogP contribution in [0.1, 0.15) is 5.56 Å². The number of amides is 3. The Kier molecular flexibility index (Phi) is 6.97. The number of carbonyl (C=O) groups excluding carboxylic acids is 4. The van der Waals surface area contributed by atoms with Crippen molar-refractivity contribution in [3.05, 3.63) is 88.0 Å². The quantitative estimate of drug-likeness (QED) is 0.163. The van der Waals surface area contributed by atoms with Crippen molar-refractivity contribution < 1.29 is 23.9 Å². The number of esters is 1. The smallest absolute Gasteiger partial charge is 0.350 e. The Morgan fingerprint density at radius 1 is 1.09 bits per heavy atom. The Bertz CT molecular complexity index is 1430. The molecule has 35 heavy (non-hydrogen) atoms. The van der Waals surface area contributed by atoms with E-state index in [1.807, 2.05) is 11.4 Å². The molecule has 0 saturated carbocycles. The van der Waals surface area contributed by atoms with Crippen LogP contribution in [0.5, 0.6) is 5.75 Å². The van der Waals surface area contributed by atoms with Crippen LogP contribution in [0.4, 0.5) is 4.79 Å². The molecule has 3 aromatic rings. The topological polar surface area (TPSA) is 154 Å². The zero-order valence-electron chi connectivity index (χ0n) is 17.8. The number of aromatic nitrogens is 3. The number of nitrogens with zero attached hydrogens (tertiary/aromatic N) is 4. The largest absolute Gasteiger partial charge is 0.423 e. The minimum absolute atomic E-state index is 0.0802. The second-order valence-corrected chi connectivity index (χ2v) is 7.90. The van der Waals surface area contributed by atoms with E-state index in [1.54, 1.807) is 42.5 Å². The van der Waals surface area contributed by atoms with Crippen molar-refractivity contribution in [1.82, 2.24) is 25.1 Å². The van der Waals surface area contributed by atoms with Gasteiger partial charge in [0.1, 0.15) is 18.6 Å². The first-order valence-electron chi connectivity index (χ1n) is 9.98. The molecule has 4 rings (SSSR count). The summed E-state index contributed by atoms with van der Waals surface area (Å²) in [6.07, 6.45) is 3.48. The molecule has 2 N–H and O–H groups in total. The molecule has 13 heteroatoms. The number of nitrogens with one attached hydrogen (secondary N) is 2. The maximum absolute atomic E-state index is 12.5. The molecule has 0 radical (unpaired) electrons. The van der Waals surface area contributed by atoms with Gasteiger partial charge < -0.3 is 4.74 Å². The van der Waals surface area contributed by atoms with E-state index in [2.05, 4.69) is 15.6 Å². The minimum atomic E-state index is -0.865. The van der Waals surface area contributed by atoms with Crippen molar-refractivity contribution in [2.75, 3.05) is 0 Å². The molecule has 1 fully saturated rings. The average Bonchev–Trinajstić information content (AvgIpc) is 3.35. The van der Waals surface area contributed by atoms with E-state index in [-0.39, 0.29) is 17.2 Å². The van der Waals surface area contributed by atoms with Crippen molar-refractivity contribution in [3.63, 3.8) is 0 Å². The van der Waals surface area contributed by atoms with Gasteiger partial charge in [-0.1, -0.05) is 30.3 Å². The van der Waals surface area contributed by atoms with E-state index in [9.17, 15) is 24.0 Å². The summed E-state index contributed by atoms with van der Waals surface area (Å²) in [6.45, 7) is -0.362. The van der Waals surface area contributed by atoms with Gasteiger partial charge in [-0.25, -0.2) is 24.3 Å². The molecular formula is C22H16N6O6S. The highest BCUT2D eigenvalue weighted by molar-refractivity contribution is 8.18. The second-order valence-electron chi connectivity index (χ2n) is 6.88. The highest BCUT2D eigenvalue weighted by Gasteiger charge is 2.26. The molecule has 0 unspecified atom stereocenters. The Morgan fingerprint density at radius 2 is 1.83 bits per heavy atom. The molecule has 2 heterocycles. The molecule has 1 aromatic heterocycles. The number of ether oxygens (including phenoxy) is 1. The van der Waals surface area contributed by atoms with Gasteiger partial charge in [-0.2, -0.15) is 10.2 Å². The van der Waals surface area contributed by atoms with Gasteiger partial charge >= 0.3 is 11.7 Å². The normalized spacial score (nSPS) is 14.3. The van der Waals surface area contributed by atoms with Gasteiger partial charge in [0.25, 0.3) is 17.1 Å². The highest BCUT2D eigenvalue weighted by atomic mass is 32.2. The Balaban J connectivity index is 1.38. The fourth-order valence-corrected chi connectivity index (χ4v) is 3.54. The fraction of sp³-hybridized carbons (Fsp3) is 0.0455. The molecule has 2 aromatic carbocycles. The van der Waals surface area contributed by atoms with Gasteiger partial charge in [0, 0.05) is 11.6 Å². The Labute approximate surface area is 201 Å². The lowest BCUT2D eigenvalue weighted by atomic mass is 10.2. The first-order valence-corrected chi connectivity index (χ1v) is 10.8. The van der Waals surface area contributed by atoms with E-state index < -0.39 is 28.7 Å². The molecule has 0 aliphatic carbocycles. The molecule has 176 valence electrons. The number of carbonyl (C=O) groups is 4. The standard InChI is InChI=1S/C22H16N6O6S/c29-18(12-28-22(33)27(13-24-28)15-7-2-1-3-8-15)26-23-11-14-6-4-5-9-16(14)34-19(30)10-17-20(31)25-21(32)35-17/h1-11,13H,12H2,(H,26,29)(H,25,31,32). The number of para-hydroxylation sites is 2. The van der Waals surface area contributed by atoms with Crippen LogP contribution in [0.25, 0.3) is 5.69 Å². The summed E-state index contributed by atoms with van der Waals surface area (Å²) in [5.74, 6) is -2.03. The summed E-state index contributed by atoms with van der Waals surface area (Å²) < 4.78 is 7.52. The van der Waals surface area contributed by atoms with Crippen LogP contribution in [-0.2, 0) is 20.9 Å². The molecule has 1 aliphatic heterocycles. The summed E-state index contributed by atoms with van der Waals surface area (Å²) >= 11 is 0.592. The van der Waals surface area contributed by atoms with Crippen molar-refractivity contribution in [3.8, 4) is 11.4 Å². The number of hydrogen-bond acceptors (Lipinski definition) is 9. The third-order valence-electron chi connectivity index (χ3n) is 4.47. The maximum Gasteiger partial charge on any atom is 0.350 e. The third-order valence-corrected chi connectivity index (χ3v) is 5.29. The molecule has 12 nitrogen and oxygen atoms in total. The van der Waals surface area contributed by atoms with Crippen LogP contribution >= 0.6 is 11.8 Å². The van der Waals surface area contributed by atoms with Crippen LogP contribution in [0.3, 0.4) is 0 Å². The lowest BCUT2D eigenvalue weighted by molar-refractivity contribution is -0.129. The van der Waals surface area contributed by atoms with Crippen molar-refractivity contribution in [1.29, 1.82) is 0 Å². The van der Waals surface area contributed by atoms with Gasteiger partial charge in [-0.05, 0) is 36.0 Å². The third kappa shape index (κ3) is 5.78. The molecule has 0 bridgehead atoms. The summed E-state index contributed by atoms with van der Waals surface area (Å²) in [4.78, 5) is 59.5. The number of hydrazone groups is 1. The second kappa shape index (κ2) is 10.4. The molecule has 1 aliphatic rings. The minimum Gasteiger partial charge on any atom is -0.423 e. The van der Waals surface area contributed by atoms with Gasteiger partial charge in [-0.15, -0.1) is 0 Å². The van der Waals surface area contributed by atoms with E-state index in [0.29, 0.717) is 23.0 Å². The summed E-state index contributed by atoms with van der Waals surface area (Å²) in [5, 5.41) is 9.23. The number of imide groups is 1. The monoisotopic (exact) mass is 492 g/mol. The van der Waals surface area contributed by atoms with Gasteiger partial charge in [0.05, 0.1) is 16.8 Å². The van der Waals surface area contributed by atoms with E-state index >= 15 is 0 Å². The lowest BCUT2D eigenvalue weighted by Gasteiger charge is -2.05. The van der Waals surface area contributed by atoms with Crippen LogP contribution < -0.4 is 21.2 Å². The molecule has 0 spiro atoms. The summed E-state index contributed by atoms with van der Waals surface area (Å²) in [5.41, 5.74) is 2.76. The molecule has 1 saturated heterocycles. The summed E-state index contributed by atoms with van der Waals surface area (Å²) in [7, 11) is 0. The van der Waals surface area contributed by atoms with Crippen LogP contribution in [0.2, 0.25) is 0 Å². The van der Waals surface area contributed by atoms with E-state index in [1.165, 1.54) is 23.2 Å². The van der Waals surface area contributed by atoms with Gasteiger partial charge in [0.15, 0.2) is 0 Å². The maximum atomic E-state index is 12.5. The van der Waals surface area contributed by atoms with E-state index in [0.717, 1.165) is 10.8 Å². The predicted octanol–water partition coefficient (Wildman–Crippen LogP) is 0.957. The Morgan fingerprint density at radius 3 is 2.57 bits per heavy atom. The van der Waals surface area contributed by atoms with Crippen molar-refractivity contribution in [2.24, 2.45) is 5.10 Å². The highest BCUT2D eigenvalue weighted by Crippen LogP contribution is 2.23. The lowest BCUT2D eigenvalue weighted by Crippen LogP contribution is -2.31. The first-order chi connectivity index (χ1) is 16.9. The number of benzene rings is 2. The van der Waals surface area contributed by atoms with Crippen molar-refractivity contribution in [2.45, 2.75) is 6.54 Å².